The zero-order valence-electron chi connectivity index (χ0n) is 14.5. The smallest absolute Gasteiger partial charge is 0.224 e. The zero-order chi connectivity index (χ0) is 18.0. The van der Waals surface area contributed by atoms with Crippen LogP contribution in [0, 0.1) is 11.7 Å². The van der Waals surface area contributed by atoms with E-state index in [9.17, 15) is 9.18 Å². The Morgan fingerprint density at radius 3 is 2.68 bits per heavy atom. The number of ether oxygens (including phenoxy) is 2. The van der Waals surface area contributed by atoms with E-state index in [0.717, 1.165) is 12.0 Å². The zero-order valence-corrected chi connectivity index (χ0v) is 14.5. The maximum atomic E-state index is 14.3. The molecule has 6 heteroatoms. The molecule has 1 aliphatic rings. The summed E-state index contributed by atoms with van der Waals surface area (Å²) in [6, 6.07) is 6.20. The van der Waals surface area contributed by atoms with Crippen LogP contribution in [-0.4, -0.2) is 25.1 Å². The van der Waals surface area contributed by atoms with Gasteiger partial charge in [-0.15, -0.1) is 0 Å². The van der Waals surface area contributed by atoms with Gasteiger partial charge < -0.3 is 14.8 Å². The average molecular weight is 344 g/mol. The second kappa shape index (κ2) is 7.09. The summed E-state index contributed by atoms with van der Waals surface area (Å²) < 4.78 is 24.6. The topological polar surface area (TPSA) is 60.5 Å². The molecule has 3 rings (SSSR count). The summed E-state index contributed by atoms with van der Waals surface area (Å²) in [5.41, 5.74) is 1.43. The molecule has 1 aromatic carbocycles. The number of halogens is 1. The molecule has 1 heterocycles. The Morgan fingerprint density at radius 2 is 2.04 bits per heavy atom. The lowest BCUT2D eigenvalue weighted by atomic mass is 10.1. The van der Waals surface area contributed by atoms with Crippen molar-refractivity contribution in [2.45, 2.75) is 25.3 Å². The highest BCUT2D eigenvalue weighted by atomic mass is 19.1. The predicted octanol–water partition coefficient (Wildman–Crippen LogP) is 3.22. The predicted molar refractivity (Wildman–Crippen MR) is 91.1 cm³/mol. The quantitative estimate of drug-likeness (QED) is 0.874. The summed E-state index contributed by atoms with van der Waals surface area (Å²) in [4.78, 5) is 16.5. The van der Waals surface area contributed by atoms with Gasteiger partial charge in [0.1, 0.15) is 5.82 Å². The number of methoxy groups -OCH3 is 2. The number of hydrogen-bond donors (Lipinski definition) is 1. The molecule has 0 saturated heterocycles. The number of hydrogen-bond acceptors (Lipinski definition) is 4. The Morgan fingerprint density at radius 1 is 1.32 bits per heavy atom. The number of carbonyl (C=O) groups excluding carboxylic acids is 1. The van der Waals surface area contributed by atoms with E-state index in [1.165, 1.54) is 20.3 Å². The number of carbonyl (C=O) groups is 1. The van der Waals surface area contributed by atoms with Crippen molar-refractivity contribution in [2.24, 2.45) is 5.92 Å². The molecular formula is C19H21FN2O3. The molecule has 0 spiro atoms. The molecule has 1 saturated carbocycles. The number of nitrogens with one attached hydrogen (secondary N) is 1. The molecule has 1 amide bonds. The van der Waals surface area contributed by atoms with Crippen LogP contribution in [0.15, 0.2) is 36.7 Å². The third kappa shape index (κ3) is 3.57. The first-order valence-electron chi connectivity index (χ1n) is 8.16. The molecule has 2 aromatic rings. The molecule has 1 aliphatic carbocycles. The van der Waals surface area contributed by atoms with E-state index in [0.29, 0.717) is 17.1 Å². The minimum atomic E-state index is -0.470. The first-order chi connectivity index (χ1) is 12.0. The summed E-state index contributed by atoms with van der Waals surface area (Å²) in [7, 11) is 2.94. The first kappa shape index (κ1) is 17.2. The second-order valence-electron chi connectivity index (χ2n) is 6.19. The normalized spacial score (nSPS) is 19.8. The number of benzene rings is 1. The molecule has 25 heavy (non-hydrogen) atoms. The Bertz CT molecular complexity index is 767. The van der Waals surface area contributed by atoms with E-state index in [1.54, 1.807) is 25.4 Å². The van der Waals surface area contributed by atoms with E-state index < -0.39 is 11.9 Å². The lowest BCUT2D eigenvalue weighted by Gasteiger charge is -2.17. The summed E-state index contributed by atoms with van der Waals surface area (Å²) in [6.07, 6.45) is 4.29. The summed E-state index contributed by atoms with van der Waals surface area (Å²) >= 11 is 0. The van der Waals surface area contributed by atoms with Gasteiger partial charge in [-0.2, -0.15) is 0 Å². The van der Waals surface area contributed by atoms with Crippen LogP contribution in [0.5, 0.6) is 11.5 Å². The molecule has 0 bridgehead atoms. The summed E-state index contributed by atoms with van der Waals surface area (Å²) in [6.45, 7) is 1.75. The Hall–Kier alpha value is -2.63. The van der Waals surface area contributed by atoms with Crippen molar-refractivity contribution in [3.8, 4) is 11.5 Å². The van der Waals surface area contributed by atoms with Gasteiger partial charge in [0.15, 0.2) is 11.5 Å². The van der Waals surface area contributed by atoms with Gasteiger partial charge in [-0.3, -0.25) is 9.78 Å². The van der Waals surface area contributed by atoms with Crippen molar-refractivity contribution in [1.82, 2.24) is 10.3 Å². The Labute approximate surface area is 146 Å². The number of amides is 1. The Kier molecular flexibility index (Phi) is 4.88. The first-order valence-corrected chi connectivity index (χ1v) is 8.16. The number of rotatable bonds is 6. The van der Waals surface area contributed by atoms with Crippen LogP contribution in [0.2, 0.25) is 0 Å². The van der Waals surface area contributed by atoms with Crippen molar-refractivity contribution in [3.63, 3.8) is 0 Å². The highest BCUT2D eigenvalue weighted by Crippen LogP contribution is 2.47. The van der Waals surface area contributed by atoms with Gasteiger partial charge in [0.25, 0.3) is 0 Å². The van der Waals surface area contributed by atoms with Crippen molar-refractivity contribution in [1.29, 1.82) is 0 Å². The van der Waals surface area contributed by atoms with E-state index in [2.05, 4.69) is 10.3 Å². The lowest BCUT2D eigenvalue weighted by Crippen LogP contribution is -2.29. The number of aromatic nitrogens is 1. The fourth-order valence-electron chi connectivity index (χ4n) is 3.05. The largest absolute Gasteiger partial charge is 0.493 e. The number of nitrogens with zero attached hydrogens (tertiary/aromatic N) is 1. The fraction of sp³-hybridized carbons (Fsp3) is 0.368. The highest BCUT2D eigenvalue weighted by molar-refractivity contribution is 5.83. The molecule has 5 nitrogen and oxygen atoms in total. The SMILES string of the molecule is COc1cc(F)c([C@H](C)NC(=O)[C@H]2C[C@@H]2c2cccnc2)cc1OC. The van der Waals surface area contributed by atoms with Crippen molar-refractivity contribution in [3.05, 3.63) is 53.6 Å². The molecule has 1 aromatic heterocycles. The van der Waals surface area contributed by atoms with Gasteiger partial charge in [0.05, 0.1) is 20.3 Å². The van der Waals surface area contributed by atoms with E-state index in [4.69, 9.17) is 9.47 Å². The molecule has 0 unspecified atom stereocenters. The molecular weight excluding hydrogens is 323 g/mol. The standard InChI is InChI=1S/C19H21FN2O3/c1-11(13-8-17(24-2)18(25-3)9-16(13)20)22-19(23)15-7-14(15)12-5-4-6-21-10-12/h4-6,8-11,14-15H,7H2,1-3H3,(H,22,23)/t11-,14+,15-/m0/s1. The second-order valence-corrected chi connectivity index (χ2v) is 6.19. The molecule has 132 valence electrons. The molecule has 1 N–H and O–H groups in total. The summed E-state index contributed by atoms with van der Waals surface area (Å²) in [5.74, 6) is 0.340. The van der Waals surface area contributed by atoms with Crippen LogP contribution < -0.4 is 14.8 Å². The van der Waals surface area contributed by atoms with Crippen LogP contribution in [0.1, 0.15) is 36.4 Å². The Balaban J connectivity index is 1.68. The van der Waals surface area contributed by atoms with Gasteiger partial charge in [0, 0.05) is 29.9 Å². The van der Waals surface area contributed by atoms with Crippen molar-refractivity contribution in [2.75, 3.05) is 14.2 Å². The maximum absolute atomic E-state index is 14.3. The third-order valence-electron chi connectivity index (χ3n) is 4.57. The van der Waals surface area contributed by atoms with Crippen molar-refractivity contribution >= 4 is 5.91 Å². The highest BCUT2D eigenvalue weighted by Gasteiger charge is 2.44. The maximum Gasteiger partial charge on any atom is 0.224 e. The van der Waals surface area contributed by atoms with Gasteiger partial charge in [0.2, 0.25) is 5.91 Å². The van der Waals surface area contributed by atoms with E-state index in [-0.39, 0.29) is 17.7 Å². The van der Waals surface area contributed by atoms with Crippen LogP contribution in [0.25, 0.3) is 0 Å². The van der Waals surface area contributed by atoms with Gasteiger partial charge >= 0.3 is 0 Å². The lowest BCUT2D eigenvalue weighted by molar-refractivity contribution is -0.123. The third-order valence-corrected chi connectivity index (χ3v) is 4.57. The van der Waals surface area contributed by atoms with E-state index >= 15 is 0 Å². The van der Waals surface area contributed by atoms with Crippen LogP contribution in [0.4, 0.5) is 4.39 Å². The van der Waals surface area contributed by atoms with Crippen LogP contribution in [-0.2, 0) is 4.79 Å². The summed E-state index contributed by atoms with van der Waals surface area (Å²) in [5, 5.41) is 2.89. The monoisotopic (exact) mass is 344 g/mol. The molecule has 1 fully saturated rings. The molecule has 0 aliphatic heterocycles. The minimum absolute atomic E-state index is 0.0736. The minimum Gasteiger partial charge on any atom is -0.493 e. The van der Waals surface area contributed by atoms with Gasteiger partial charge in [-0.05, 0) is 37.0 Å². The fourth-order valence-corrected chi connectivity index (χ4v) is 3.05. The van der Waals surface area contributed by atoms with E-state index in [1.807, 2.05) is 12.1 Å². The van der Waals surface area contributed by atoms with Gasteiger partial charge in [-0.1, -0.05) is 6.07 Å². The average Bonchev–Trinajstić information content (AvgIpc) is 3.43. The number of pyridine rings is 1. The molecule has 3 atom stereocenters. The van der Waals surface area contributed by atoms with Crippen LogP contribution >= 0.6 is 0 Å². The van der Waals surface area contributed by atoms with Crippen LogP contribution in [0.3, 0.4) is 0 Å². The van der Waals surface area contributed by atoms with Gasteiger partial charge in [-0.25, -0.2) is 4.39 Å². The molecule has 0 radical (unpaired) electrons. The van der Waals surface area contributed by atoms with Crippen molar-refractivity contribution < 1.29 is 18.7 Å².